The molecule has 0 aliphatic rings. The quantitative estimate of drug-likeness (QED) is 0.403. The van der Waals surface area contributed by atoms with E-state index < -0.39 is 28.5 Å². The molecule has 0 bridgehead atoms. The first-order chi connectivity index (χ1) is 17.6. The van der Waals surface area contributed by atoms with E-state index in [1.54, 1.807) is 45.0 Å². The van der Waals surface area contributed by atoms with Gasteiger partial charge in [0.25, 0.3) is 10.0 Å². The van der Waals surface area contributed by atoms with Crippen LogP contribution in [0.15, 0.2) is 77.7 Å². The Morgan fingerprint density at radius 2 is 1.51 bits per heavy atom. The number of para-hydroxylation sites is 1. The zero-order valence-corrected chi connectivity index (χ0v) is 23.0. The van der Waals surface area contributed by atoms with Gasteiger partial charge in [-0.05, 0) is 74.7 Å². The summed E-state index contributed by atoms with van der Waals surface area (Å²) in [5.74, 6) is -0.810. The predicted octanol–water partition coefficient (Wildman–Crippen LogP) is 4.71. The van der Waals surface area contributed by atoms with Crippen LogP contribution >= 0.6 is 11.6 Å². The minimum Gasteiger partial charge on any atom is -0.355 e. The van der Waals surface area contributed by atoms with E-state index in [1.165, 1.54) is 29.2 Å². The Balaban J connectivity index is 2.05. The fraction of sp³-hybridized carbons (Fsp3) is 0.286. The van der Waals surface area contributed by atoms with E-state index in [0.717, 1.165) is 15.4 Å². The van der Waals surface area contributed by atoms with E-state index in [4.69, 9.17) is 11.6 Å². The normalized spacial score (nSPS) is 12.0. The third-order valence-electron chi connectivity index (χ3n) is 6.18. The molecule has 0 saturated heterocycles. The fourth-order valence-corrected chi connectivity index (χ4v) is 5.57. The predicted molar refractivity (Wildman–Crippen MR) is 147 cm³/mol. The lowest BCUT2D eigenvalue weighted by Crippen LogP contribution is -2.51. The Morgan fingerprint density at radius 1 is 0.919 bits per heavy atom. The summed E-state index contributed by atoms with van der Waals surface area (Å²) >= 11 is 5.98. The van der Waals surface area contributed by atoms with Gasteiger partial charge in [0.1, 0.15) is 12.6 Å². The van der Waals surface area contributed by atoms with Crippen molar-refractivity contribution in [1.82, 2.24) is 10.2 Å². The highest BCUT2D eigenvalue weighted by Crippen LogP contribution is 2.28. The molecule has 3 aromatic rings. The number of hydrogen-bond donors (Lipinski definition) is 1. The van der Waals surface area contributed by atoms with Crippen molar-refractivity contribution >= 4 is 39.1 Å². The number of nitrogens with zero attached hydrogens (tertiary/aromatic N) is 2. The number of carbonyl (C=O) groups excluding carboxylic acids is 2. The standard InChI is InChI=1S/C28H32ClN3O4S/c1-5-30-28(34)22(4)31(18-23-12-8-6-10-20(23)2)27(33)19-32(26-13-9-7-11-21(26)3)37(35,36)25-16-14-24(29)15-17-25/h6-17,22H,5,18-19H2,1-4H3,(H,30,34)/t22-/m0/s1. The van der Waals surface area contributed by atoms with Crippen LogP contribution in [0.2, 0.25) is 5.02 Å². The smallest absolute Gasteiger partial charge is 0.264 e. The zero-order valence-electron chi connectivity index (χ0n) is 21.4. The van der Waals surface area contributed by atoms with E-state index in [1.807, 2.05) is 31.2 Å². The van der Waals surface area contributed by atoms with E-state index in [2.05, 4.69) is 5.32 Å². The van der Waals surface area contributed by atoms with E-state index in [-0.39, 0.29) is 17.3 Å². The second-order valence-corrected chi connectivity index (χ2v) is 11.1. The second kappa shape index (κ2) is 12.3. The van der Waals surface area contributed by atoms with Crippen molar-refractivity contribution in [2.75, 3.05) is 17.4 Å². The highest BCUT2D eigenvalue weighted by Gasteiger charge is 2.33. The number of nitrogens with one attached hydrogen (secondary N) is 1. The van der Waals surface area contributed by atoms with Crippen molar-refractivity contribution in [3.05, 3.63) is 94.5 Å². The maximum absolute atomic E-state index is 13.9. The van der Waals surface area contributed by atoms with Crippen molar-refractivity contribution in [1.29, 1.82) is 0 Å². The Hall–Kier alpha value is -3.36. The van der Waals surface area contributed by atoms with Gasteiger partial charge >= 0.3 is 0 Å². The highest BCUT2D eigenvalue weighted by atomic mass is 35.5. The van der Waals surface area contributed by atoms with Gasteiger partial charge in [0.2, 0.25) is 11.8 Å². The Labute approximate surface area is 224 Å². The van der Waals surface area contributed by atoms with Crippen molar-refractivity contribution in [2.45, 2.75) is 45.2 Å². The minimum atomic E-state index is -4.13. The van der Waals surface area contributed by atoms with Crippen LogP contribution in [0, 0.1) is 13.8 Å². The van der Waals surface area contributed by atoms with Crippen molar-refractivity contribution in [3.63, 3.8) is 0 Å². The lowest BCUT2D eigenvalue weighted by Gasteiger charge is -2.32. The van der Waals surface area contributed by atoms with Crippen LogP contribution in [0.5, 0.6) is 0 Å². The van der Waals surface area contributed by atoms with E-state index in [0.29, 0.717) is 22.8 Å². The molecule has 196 valence electrons. The molecule has 0 fully saturated rings. The molecule has 1 atom stereocenters. The molecule has 37 heavy (non-hydrogen) atoms. The summed E-state index contributed by atoms with van der Waals surface area (Å²) in [5, 5.41) is 3.16. The zero-order chi connectivity index (χ0) is 27.2. The largest absolute Gasteiger partial charge is 0.355 e. The summed E-state index contributed by atoms with van der Waals surface area (Å²) in [6, 6.07) is 19.6. The Morgan fingerprint density at radius 3 is 2.11 bits per heavy atom. The molecule has 0 heterocycles. The average Bonchev–Trinajstić information content (AvgIpc) is 2.87. The molecule has 0 radical (unpaired) electrons. The first kappa shape index (κ1) is 28.2. The lowest BCUT2D eigenvalue weighted by atomic mass is 10.1. The van der Waals surface area contributed by atoms with Gasteiger partial charge in [0, 0.05) is 18.1 Å². The van der Waals surface area contributed by atoms with E-state index in [9.17, 15) is 18.0 Å². The Bertz CT molecular complexity index is 1360. The van der Waals surface area contributed by atoms with Crippen LogP contribution in [0.4, 0.5) is 5.69 Å². The molecular formula is C28H32ClN3O4S. The van der Waals surface area contributed by atoms with Gasteiger partial charge in [-0.25, -0.2) is 8.42 Å². The molecule has 3 aromatic carbocycles. The monoisotopic (exact) mass is 541 g/mol. The van der Waals surface area contributed by atoms with Crippen molar-refractivity contribution in [2.24, 2.45) is 0 Å². The number of sulfonamides is 1. The van der Waals surface area contributed by atoms with Gasteiger partial charge in [-0.3, -0.25) is 13.9 Å². The first-order valence-corrected chi connectivity index (χ1v) is 13.8. The summed E-state index contributed by atoms with van der Waals surface area (Å²) in [5.41, 5.74) is 2.91. The molecule has 0 spiro atoms. The van der Waals surface area contributed by atoms with Gasteiger partial charge in [-0.1, -0.05) is 54.1 Å². The number of halogens is 1. The second-order valence-electron chi connectivity index (χ2n) is 8.77. The third kappa shape index (κ3) is 6.70. The van der Waals surface area contributed by atoms with Crippen molar-refractivity contribution in [3.8, 4) is 0 Å². The first-order valence-electron chi connectivity index (χ1n) is 12.0. The SMILES string of the molecule is CCNC(=O)[C@H](C)N(Cc1ccccc1C)C(=O)CN(c1ccccc1C)S(=O)(=O)c1ccc(Cl)cc1. The summed E-state index contributed by atoms with van der Waals surface area (Å²) in [6.45, 7) is 7.25. The van der Waals surface area contributed by atoms with Crippen LogP contribution < -0.4 is 9.62 Å². The molecular weight excluding hydrogens is 510 g/mol. The van der Waals surface area contributed by atoms with Gasteiger partial charge in [0.05, 0.1) is 10.6 Å². The van der Waals surface area contributed by atoms with Crippen LogP contribution in [-0.4, -0.2) is 44.3 Å². The summed E-state index contributed by atoms with van der Waals surface area (Å²) in [7, 11) is -4.13. The molecule has 3 rings (SSSR count). The minimum absolute atomic E-state index is 0.00943. The summed E-state index contributed by atoms with van der Waals surface area (Å²) in [4.78, 5) is 28.1. The molecule has 9 heteroatoms. The summed E-state index contributed by atoms with van der Waals surface area (Å²) < 4.78 is 28.7. The van der Waals surface area contributed by atoms with Crippen molar-refractivity contribution < 1.29 is 18.0 Å². The topological polar surface area (TPSA) is 86.8 Å². The highest BCUT2D eigenvalue weighted by molar-refractivity contribution is 7.92. The van der Waals surface area contributed by atoms with Gasteiger partial charge in [0.15, 0.2) is 0 Å². The Kier molecular flexibility index (Phi) is 9.34. The van der Waals surface area contributed by atoms with E-state index >= 15 is 0 Å². The molecule has 0 saturated carbocycles. The third-order valence-corrected chi connectivity index (χ3v) is 8.21. The molecule has 1 N–H and O–H groups in total. The number of likely N-dealkylation sites (N-methyl/N-ethyl adjacent to an activating group) is 1. The van der Waals surface area contributed by atoms with Gasteiger partial charge in [-0.2, -0.15) is 0 Å². The maximum Gasteiger partial charge on any atom is 0.264 e. The number of rotatable bonds is 10. The van der Waals surface area contributed by atoms with Crippen LogP contribution in [0.3, 0.4) is 0 Å². The van der Waals surface area contributed by atoms with Gasteiger partial charge < -0.3 is 10.2 Å². The number of carbonyl (C=O) groups is 2. The number of amides is 2. The molecule has 7 nitrogen and oxygen atoms in total. The lowest BCUT2D eigenvalue weighted by molar-refractivity contribution is -0.139. The average molecular weight is 542 g/mol. The molecule has 0 unspecified atom stereocenters. The van der Waals surface area contributed by atoms with Gasteiger partial charge in [-0.15, -0.1) is 0 Å². The van der Waals surface area contributed by atoms with Crippen LogP contribution in [0.1, 0.15) is 30.5 Å². The maximum atomic E-state index is 13.9. The molecule has 0 aromatic heterocycles. The molecule has 0 aliphatic carbocycles. The fourth-order valence-electron chi connectivity index (χ4n) is 3.97. The number of hydrogen-bond acceptors (Lipinski definition) is 4. The number of anilines is 1. The number of benzene rings is 3. The van der Waals surface area contributed by atoms with Crippen LogP contribution in [0.25, 0.3) is 0 Å². The molecule has 2 amide bonds. The number of aryl methyl sites for hydroxylation is 2. The van der Waals surface area contributed by atoms with Crippen LogP contribution in [-0.2, 0) is 26.2 Å². The summed E-state index contributed by atoms with van der Waals surface area (Å²) in [6.07, 6.45) is 0. The molecule has 0 aliphatic heterocycles.